The van der Waals surface area contributed by atoms with Crippen LogP contribution in [0.4, 0.5) is 5.69 Å². The molecule has 2 aromatic heterocycles. The van der Waals surface area contributed by atoms with Crippen molar-refractivity contribution in [1.29, 1.82) is 0 Å². The third kappa shape index (κ3) is 5.61. The van der Waals surface area contributed by atoms with Gasteiger partial charge in [0.15, 0.2) is 4.80 Å². The average molecular weight is 638 g/mol. The van der Waals surface area contributed by atoms with Gasteiger partial charge in [0.2, 0.25) is 0 Å². The van der Waals surface area contributed by atoms with Gasteiger partial charge in [-0.15, -0.1) is 0 Å². The smallest absolute Gasteiger partial charge is 0.338 e. The molecule has 11 nitrogen and oxygen atoms in total. The normalized spacial score (nSPS) is 14.4. The molecular weight excluding hydrogens is 610 g/mol. The lowest BCUT2D eigenvalue weighted by molar-refractivity contribution is -0.384. The maximum absolute atomic E-state index is 14.1. The largest absolute Gasteiger partial charge is 0.497 e. The van der Waals surface area contributed by atoms with Gasteiger partial charge in [-0.2, -0.15) is 0 Å². The highest BCUT2D eigenvalue weighted by atomic mass is 32.1. The molecule has 0 N–H and O–H groups in total. The number of thiazole rings is 1. The fourth-order valence-electron chi connectivity index (χ4n) is 5.24. The van der Waals surface area contributed by atoms with E-state index in [1.807, 2.05) is 42.5 Å². The Morgan fingerprint density at radius 3 is 2.48 bits per heavy atom. The number of nitro benzene ring substituents is 1. The number of carbonyl (C=O) groups excluding carboxylic acids is 1. The number of benzene rings is 3. The van der Waals surface area contributed by atoms with Crippen molar-refractivity contribution in [3.8, 4) is 22.8 Å². The first-order valence-electron chi connectivity index (χ1n) is 14.2. The number of aromatic nitrogens is 1. The summed E-state index contributed by atoms with van der Waals surface area (Å²) < 4.78 is 24.1. The van der Waals surface area contributed by atoms with Crippen LogP contribution in [0, 0.1) is 10.1 Å². The van der Waals surface area contributed by atoms with Gasteiger partial charge < -0.3 is 18.6 Å². The minimum Gasteiger partial charge on any atom is -0.497 e. The van der Waals surface area contributed by atoms with Crippen molar-refractivity contribution in [3.63, 3.8) is 0 Å². The molecule has 0 spiro atoms. The molecule has 0 unspecified atom stereocenters. The summed E-state index contributed by atoms with van der Waals surface area (Å²) in [4.78, 5) is 43.7. The lowest BCUT2D eigenvalue weighted by Gasteiger charge is -2.26. The van der Waals surface area contributed by atoms with Gasteiger partial charge in [-0.05, 0) is 42.8 Å². The number of methoxy groups -OCH3 is 2. The van der Waals surface area contributed by atoms with Crippen molar-refractivity contribution < 1.29 is 28.3 Å². The monoisotopic (exact) mass is 637 g/mol. The maximum atomic E-state index is 14.1. The molecule has 0 aliphatic carbocycles. The first kappa shape index (κ1) is 30.3. The van der Waals surface area contributed by atoms with E-state index >= 15 is 0 Å². The lowest BCUT2D eigenvalue weighted by atomic mass is 9.93. The van der Waals surface area contributed by atoms with Crippen LogP contribution in [0.25, 0.3) is 23.1 Å². The molecule has 5 aromatic rings. The fourth-order valence-corrected chi connectivity index (χ4v) is 6.22. The predicted molar refractivity (Wildman–Crippen MR) is 171 cm³/mol. The number of hydrogen-bond donors (Lipinski definition) is 0. The Hall–Kier alpha value is -5.75. The van der Waals surface area contributed by atoms with Crippen LogP contribution in [0.3, 0.4) is 0 Å². The van der Waals surface area contributed by atoms with Gasteiger partial charge in [0, 0.05) is 17.7 Å². The van der Waals surface area contributed by atoms with Gasteiger partial charge >= 0.3 is 5.97 Å². The van der Waals surface area contributed by atoms with E-state index in [1.54, 1.807) is 50.4 Å². The molecule has 0 bridgehead atoms. The molecule has 0 saturated carbocycles. The zero-order valence-electron chi connectivity index (χ0n) is 25.0. The molecule has 1 aliphatic heterocycles. The number of non-ortho nitro benzene ring substituents is 1. The van der Waals surface area contributed by atoms with Gasteiger partial charge in [0.1, 0.15) is 23.0 Å². The van der Waals surface area contributed by atoms with E-state index in [2.05, 4.69) is 0 Å². The van der Waals surface area contributed by atoms with Crippen LogP contribution in [0.15, 0.2) is 105 Å². The predicted octanol–water partition coefficient (Wildman–Crippen LogP) is 5.12. The molecule has 6 rings (SSSR count). The van der Waals surface area contributed by atoms with Crippen LogP contribution in [0.1, 0.15) is 29.9 Å². The Morgan fingerprint density at radius 2 is 1.80 bits per heavy atom. The Kier molecular flexibility index (Phi) is 8.36. The molecule has 232 valence electrons. The zero-order chi connectivity index (χ0) is 32.4. The number of furan rings is 1. The Morgan fingerprint density at radius 1 is 1.04 bits per heavy atom. The van der Waals surface area contributed by atoms with E-state index in [4.69, 9.17) is 23.6 Å². The van der Waals surface area contributed by atoms with Crippen molar-refractivity contribution in [2.45, 2.75) is 13.0 Å². The Bertz CT molecular complexity index is 2160. The molecule has 1 aliphatic rings. The fraction of sp³-hybridized carbons (Fsp3) is 0.147. The van der Waals surface area contributed by atoms with Crippen LogP contribution in [-0.2, 0) is 9.53 Å². The molecule has 46 heavy (non-hydrogen) atoms. The molecule has 0 amide bonds. The number of carbonyl (C=O) groups is 1. The highest BCUT2D eigenvalue weighted by Crippen LogP contribution is 2.36. The van der Waals surface area contributed by atoms with E-state index in [1.165, 1.54) is 23.8 Å². The number of nitro groups is 1. The van der Waals surface area contributed by atoms with Gasteiger partial charge in [0.25, 0.3) is 11.2 Å². The second kappa shape index (κ2) is 12.7. The molecule has 0 fully saturated rings. The lowest BCUT2D eigenvalue weighted by Crippen LogP contribution is -2.40. The summed E-state index contributed by atoms with van der Waals surface area (Å²) >= 11 is 1.16. The molecule has 0 saturated heterocycles. The zero-order valence-corrected chi connectivity index (χ0v) is 25.8. The summed E-state index contributed by atoms with van der Waals surface area (Å²) in [5, 5.41) is 11.2. The van der Waals surface area contributed by atoms with Crippen LogP contribution < -0.4 is 24.4 Å². The number of ether oxygens (including phenoxy) is 3. The minimum atomic E-state index is -0.838. The second-order valence-corrected chi connectivity index (χ2v) is 11.1. The SMILES string of the molecule is CCOC(=O)C1=C(c2ccccc2)N=c2s/c(=C\c3ccc(-c4ccc([N+](=O)[O-])cc4OC)o3)c(=O)n2[C@H]1c1ccc(OC)cc1. The first-order valence-corrected chi connectivity index (χ1v) is 15.0. The summed E-state index contributed by atoms with van der Waals surface area (Å²) in [5.41, 5.74) is 2.06. The molecule has 3 aromatic carbocycles. The van der Waals surface area contributed by atoms with Crippen molar-refractivity contribution in [1.82, 2.24) is 4.57 Å². The molecule has 12 heteroatoms. The van der Waals surface area contributed by atoms with Crippen LogP contribution in [0.2, 0.25) is 0 Å². The van der Waals surface area contributed by atoms with Crippen molar-refractivity contribution >= 4 is 34.8 Å². The second-order valence-electron chi connectivity index (χ2n) is 10.0. The maximum Gasteiger partial charge on any atom is 0.338 e. The molecule has 1 atom stereocenters. The summed E-state index contributed by atoms with van der Waals surface area (Å²) in [5.74, 6) is 1.09. The Labute approximate surface area is 266 Å². The quantitative estimate of drug-likeness (QED) is 0.123. The standard InChI is InChI=1S/C34H27N3O8S/c1-4-44-33(39)29-30(20-8-6-5-7-9-20)35-34-36(31(29)21-10-13-23(42-2)14-11-21)32(38)28(46-34)19-24-15-17-26(45-24)25-16-12-22(37(40)41)18-27(25)43-3/h5-19,31H,4H2,1-3H3/b28-19-/t31-/m0/s1. The molecular formula is C34H27N3O8S. The average Bonchev–Trinajstić information content (AvgIpc) is 3.67. The van der Waals surface area contributed by atoms with E-state index < -0.39 is 16.9 Å². The summed E-state index contributed by atoms with van der Waals surface area (Å²) in [6.45, 7) is 1.87. The number of nitrogens with zero attached hydrogens (tertiary/aromatic N) is 3. The minimum absolute atomic E-state index is 0.114. The van der Waals surface area contributed by atoms with E-state index in [0.29, 0.717) is 49.0 Å². The first-order chi connectivity index (χ1) is 22.3. The topological polar surface area (TPSA) is 135 Å². The van der Waals surface area contributed by atoms with Crippen LogP contribution in [0.5, 0.6) is 11.5 Å². The van der Waals surface area contributed by atoms with Gasteiger partial charge in [0.05, 0.1) is 59.2 Å². The van der Waals surface area contributed by atoms with E-state index in [9.17, 15) is 19.7 Å². The molecule has 3 heterocycles. The van der Waals surface area contributed by atoms with Crippen LogP contribution >= 0.6 is 11.3 Å². The number of rotatable bonds is 9. The number of hydrogen-bond acceptors (Lipinski definition) is 10. The van der Waals surface area contributed by atoms with E-state index in [-0.39, 0.29) is 29.2 Å². The Balaban J connectivity index is 1.52. The number of esters is 1. The highest BCUT2D eigenvalue weighted by molar-refractivity contribution is 7.07. The van der Waals surface area contributed by atoms with Crippen molar-refractivity contribution in [3.05, 3.63) is 137 Å². The third-order valence-corrected chi connectivity index (χ3v) is 8.35. The summed E-state index contributed by atoms with van der Waals surface area (Å²) in [6.07, 6.45) is 1.60. The summed E-state index contributed by atoms with van der Waals surface area (Å²) in [6, 6.07) is 23.2. The van der Waals surface area contributed by atoms with Gasteiger partial charge in [-0.3, -0.25) is 19.5 Å². The van der Waals surface area contributed by atoms with Crippen LogP contribution in [-0.4, -0.2) is 36.3 Å². The van der Waals surface area contributed by atoms with Crippen molar-refractivity contribution in [2.24, 2.45) is 4.99 Å². The highest BCUT2D eigenvalue weighted by Gasteiger charge is 2.35. The van der Waals surface area contributed by atoms with Gasteiger partial charge in [-0.25, -0.2) is 9.79 Å². The van der Waals surface area contributed by atoms with Gasteiger partial charge in [-0.1, -0.05) is 53.8 Å². The van der Waals surface area contributed by atoms with E-state index in [0.717, 1.165) is 11.3 Å². The number of fused-ring (bicyclic) bond motifs is 1. The molecule has 0 radical (unpaired) electrons. The third-order valence-electron chi connectivity index (χ3n) is 7.37. The van der Waals surface area contributed by atoms with Crippen molar-refractivity contribution in [2.75, 3.05) is 20.8 Å². The summed E-state index contributed by atoms with van der Waals surface area (Å²) in [7, 11) is 2.98.